The summed E-state index contributed by atoms with van der Waals surface area (Å²) in [5.74, 6) is 0. The van der Waals surface area contributed by atoms with Gasteiger partial charge in [-0.05, 0) is 97.5 Å². The van der Waals surface area contributed by atoms with E-state index in [1.165, 1.54) is 64.1 Å². The van der Waals surface area contributed by atoms with Gasteiger partial charge in [0.1, 0.15) is 0 Å². The summed E-state index contributed by atoms with van der Waals surface area (Å²) >= 11 is 0. The molecule has 0 saturated carbocycles. The van der Waals surface area contributed by atoms with Crippen LogP contribution in [-0.4, -0.2) is 0 Å². The molecule has 0 saturated heterocycles. The first kappa shape index (κ1) is 21.8. The molecule has 3 aromatic carbocycles. The molecule has 1 atom stereocenters. The zero-order chi connectivity index (χ0) is 20.8. The zero-order valence-corrected chi connectivity index (χ0v) is 18.9. The van der Waals surface area contributed by atoms with Crippen LogP contribution >= 0.6 is 9.12 Å². The molecule has 0 aliphatic heterocycles. The van der Waals surface area contributed by atoms with Crippen molar-refractivity contribution in [1.29, 1.82) is 0 Å². The van der Waals surface area contributed by atoms with Gasteiger partial charge in [0.15, 0.2) is 0 Å². The Labute approximate surface area is 171 Å². The van der Waals surface area contributed by atoms with Crippen molar-refractivity contribution in [3.63, 3.8) is 0 Å². The van der Waals surface area contributed by atoms with E-state index in [1.54, 1.807) is 0 Å². The van der Waals surface area contributed by atoms with Gasteiger partial charge < -0.3 is 0 Å². The number of benzene rings is 3. The minimum atomic E-state index is 1.17. The van der Waals surface area contributed by atoms with Gasteiger partial charge in [0.2, 0.25) is 0 Å². The first-order valence-corrected chi connectivity index (χ1v) is 10.00. The van der Waals surface area contributed by atoms with Gasteiger partial charge in [0, 0.05) is 0 Å². The largest absolute Gasteiger partial charge is 0.310 e. The lowest BCUT2D eigenvalue weighted by Gasteiger charge is -2.08. The first-order chi connectivity index (χ1) is 13.3. The highest BCUT2D eigenvalue weighted by Gasteiger charge is 2.03. The topological polar surface area (TPSA) is 17.1 Å². The molecule has 28 heavy (non-hydrogen) atoms. The standard InChI is InChI=1S/C26H28.H2OP/c1-17-11-19(3)25(20(4)12-17)15-23-9-7-8-10-24(23)16-26-21(5)13-18(2)14-22(26)6;1-2/h7-16H,1-6H3;2H2/q;+1. The van der Waals surface area contributed by atoms with Gasteiger partial charge in [0.05, 0.1) is 0 Å². The molecule has 0 aromatic heterocycles. The predicted molar refractivity (Wildman–Crippen MR) is 125 cm³/mol. The lowest BCUT2D eigenvalue weighted by molar-refractivity contribution is 0.607. The average molecular weight is 389 g/mol. The Hall–Kier alpha value is -2.50. The zero-order valence-electron chi connectivity index (χ0n) is 17.8. The van der Waals surface area contributed by atoms with E-state index in [2.05, 4.69) is 102 Å². The smallest absolute Gasteiger partial charge is 0.0801 e. The lowest BCUT2D eigenvalue weighted by Crippen LogP contribution is -2.24. The quantitative estimate of drug-likeness (QED) is 0.536. The molecule has 1 nitrogen and oxygen atoms in total. The number of hydrogen-bond donors (Lipinski definition) is 0. The fourth-order valence-electron chi connectivity index (χ4n) is 3.92. The van der Waals surface area contributed by atoms with Crippen molar-refractivity contribution in [2.75, 3.05) is 0 Å². The summed E-state index contributed by atoms with van der Waals surface area (Å²) in [6, 6.07) is 17.7. The molecule has 0 amide bonds. The van der Waals surface area contributed by atoms with Crippen LogP contribution in [0.5, 0.6) is 0 Å². The maximum absolute atomic E-state index is 8.17. The van der Waals surface area contributed by atoms with E-state index in [0.717, 1.165) is 0 Å². The van der Waals surface area contributed by atoms with Crippen LogP contribution in [0.4, 0.5) is 0 Å². The van der Waals surface area contributed by atoms with Crippen molar-refractivity contribution in [1.82, 2.24) is 0 Å². The molecule has 0 aliphatic rings. The van der Waals surface area contributed by atoms with E-state index in [4.69, 9.17) is 4.57 Å². The number of aryl methyl sites for hydroxylation is 6. The van der Waals surface area contributed by atoms with Gasteiger partial charge >= 0.3 is 9.12 Å². The molecule has 144 valence electrons. The summed E-state index contributed by atoms with van der Waals surface area (Å²) in [6.45, 7) is 13.1. The third-order valence-corrected chi connectivity index (χ3v) is 5.07. The van der Waals surface area contributed by atoms with E-state index in [-0.39, 0.29) is 0 Å². The molecule has 0 radical (unpaired) electrons. The van der Waals surface area contributed by atoms with Gasteiger partial charge in [-0.1, -0.05) is 64.2 Å². The molecular formula is C26H30OP+. The second-order valence-electron chi connectivity index (χ2n) is 7.54. The van der Waals surface area contributed by atoms with Crippen LogP contribution in [0.2, 0.25) is 0 Å². The minimum absolute atomic E-state index is 1.17. The Morgan fingerprint density at radius 2 is 0.857 bits per heavy atom. The highest BCUT2D eigenvalue weighted by molar-refractivity contribution is 7.00. The molecular weight excluding hydrogens is 359 g/mol. The Kier molecular flexibility index (Phi) is 7.49. The van der Waals surface area contributed by atoms with Crippen LogP contribution in [0.3, 0.4) is 0 Å². The fraction of sp³-hybridized carbons (Fsp3) is 0.231. The highest BCUT2D eigenvalue weighted by atomic mass is 31.0. The third kappa shape index (κ3) is 5.06. The maximum Gasteiger partial charge on any atom is 0.310 e. The summed E-state index contributed by atoms with van der Waals surface area (Å²) in [4.78, 5) is 0. The van der Waals surface area contributed by atoms with Crippen LogP contribution in [0.15, 0.2) is 48.5 Å². The molecule has 1 unspecified atom stereocenters. The van der Waals surface area contributed by atoms with Gasteiger partial charge in [-0.3, -0.25) is 0 Å². The van der Waals surface area contributed by atoms with Crippen LogP contribution in [0.25, 0.3) is 12.2 Å². The Bertz CT molecular complexity index is 975. The van der Waals surface area contributed by atoms with Crippen molar-refractivity contribution >= 4 is 21.3 Å². The summed E-state index contributed by atoms with van der Waals surface area (Å²) in [7, 11) is 1.17. The lowest BCUT2D eigenvalue weighted by atomic mass is 9.97. The molecule has 0 spiro atoms. The first-order valence-electron chi connectivity index (χ1n) is 9.53. The maximum atomic E-state index is 8.17. The molecule has 0 bridgehead atoms. The second kappa shape index (κ2) is 9.62. The third-order valence-electron chi connectivity index (χ3n) is 5.07. The van der Waals surface area contributed by atoms with Gasteiger partial charge in [-0.15, -0.1) is 0 Å². The van der Waals surface area contributed by atoms with Gasteiger partial charge in [-0.2, -0.15) is 0 Å². The molecule has 2 heteroatoms. The molecule has 0 aliphatic carbocycles. The number of hydrogen-bond acceptors (Lipinski definition) is 1. The fourth-order valence-corrected chi connectivity index (χ4v) is 3.92. The second-order valence-corrected chi connectivity index (χ2v) is 7.54. The normalized spacial score (nSPS) is 11.9. The van der Waals surface area contributed by atoms with E-state index in [9.17, 15) is 0 Å². The van der Waals surface area contributed by atoms with Crippen molar-refractivity contribution in [2.45, 2.75) is 41.5 Å². The monoisotopic (exact) mass is 389 g/mol. The Morgan fingerprint density at radius 3 is 1.14 bits per heavy atom. The van der Waals surface area contributed by atoms with Crippen LogP contribution in [-0.2, 0) is 4.57 Å². The van der Waals surface area contributed by atoms with E-state index in [1.807, 2.05) is 0 Å². The SMILES string of the molecule is Cc1cc(C)c(C=c2ccccc2=Cc2c(C)cc(C)cc2C)c(C)c1.O=[PH2+]. The summed E-state index contributed by atoms with van der Waals surface area (Å²) < 4.78 is 8.17. The molecule has 0 fully saturated rings. The molecule has 3 rings (SSSR count). The summed E-state index contributed by atoms with van der Waals surface area (Å²) in [5, 5.41) is 2.53. The van der Waals surface area contributed by atoms with Crippen LogP contribution in [0.1, 0.15) is 44.5 Å². The summed E-state index contributed by atoms with van der Waals surface area (Å²) in [6.07, 6.45) is 4.66. The number of rotatable bonds is 2. The highest BCUT2D eigenvalue weighted by Crippen LogP contribution is 2.18. The molecule has 0 heterocycles. The minimum Gasteiger partial charge on any atom is -0.0801 e. The Morgan fingerprint density at radius 1 is 0.571 bits per heavy atom. The van der Waals surface area contributed by atoms with E-state index < -0.39 is 0 Å². The van der Waals surface area contributed by atoms with E-state index in [0.29, 0.717) is 0 Å². The van der Waals surface area contributed by atoms with Crippen LogP contribution < -0.4 is 10.4 Å². The summed E-state index contributed by atoms with van der Waals surface area (Å²) in [5.41, 5.74) is 10.6. The van der Waals surface area contributed by atoms with Gasteiger partial charge in [-0.25, -0.2) is 0 Å². The van der Waals surface area contributed by atoms with Gasteiger partial charge in [0.25, 0.3) is 0 Å². The molecule has 3 aromatic rings. The Balaban J connectivity index is 0.00000136. The van der Waals surface area contributed by atoms with Crippen LogP contribution in [0, 0.1) is 41.5 Å². The predicted octanol–water partition coefficient (Wildman–Crippen LogP) is 5.40. The molecule has 0 N–H and O–H groups in total. The average Bonchev–Trinajstić information content (AvgIpc) is 2.63. The van der Waals surface area contributed by atoms with Crippen molar-refractivity contribution in [3.8, 4) is 0 Å². The van der Waals surface area contributed by atoms with Crippen molar-refractivity contribution in [3.05, 3.63) is 103 Å². The van der Waals surface area contributed by atoms with Crippen molar-refractivity contribution in [2.24, 2.45) is 0 Å². The van der Waals surface area contributed by atoms with E-state index >= 15 is 0 Å². The van der Waals surface area contributed by atoms with Crippen molar-refractivity contribution < 1.29 is 4.57 Å².